The fraction of sp³-hybridized carbons (Fsp3) is 1.00. The summed E-state index contributed by atoms with van der Waals surface area (Å²) in [7, 11) is 0. The molecule has 0 bridgehead atoms. The predicted molar refractivity (Wildman–Crippen MR) is 88.3 cm³/mol. The highest BCUT2D eigenvalue weighted by Crippen LogP contribution is 2.32. The molecule has 0 aromatic rings. The van der Waals surface area contributed by atoms with Crippen molar-refractivity contribution in [3.05, 3.63) is 0 Å². The minimum absolute atomic E-state index is 0.912. The van der Waals surface area contributed by atoms with Crippen LogP contribution in [0.2, 0.25) is 0 Å². The first kappa shape index (κ1) is 17.9. The van der Waals surface area contributed by atoms with E-state index in [1.54, 1.807) is 0 Å². The Labute approximate surface area is 125 Å². The highest BCUT2D eigenvalue weighted by Gasteiger charge is 2.29. The van der Waals surface area contributed by atoms with Crippen LogP contribution in [0.25, 0.3) is 0 Å². The van der Waals surface area contributed by atoms with Crippen LogP contribution in [0.1, 0.15) is 39.5 Å². The van der Waals surface area contributed by atoms with Crippen LogP contribution in [0, 0.1) is 11.8 Å². The third-order valence-corrected chi connectivity index (χ3v) is 4.30. The van der Waals surface area contributed by atoms with Gasteiger partial charge >= 0.3 is 0 Å². The average Bonchev–Trinajstić information content (AvgIpc) is 2.44. The molecule has 0 radical (unpaired) electrons. The number of hydrogen-bond acceptors (Lipinski definition) is 4. The van der Waals surface area contributed by atoms with Crippen molar-refractivity contribution in [1.82, 2.24) is 21.3 Å². The van der Waals surface area contributed by atoms with Crippen LogP contribution in [0.5, 0.6) is 0 Å². The van der Waals surface area contributed by atoms with Gasteiger partial charge < -0.3 is 21.3 Å². The fourth-order valence-corrected chi connectivity index (χ4v) is 2.78. The Morgan fingerprint density at radius 2 is 1.05 bits per heavy atom. The molecule has 4 N–H and O–H groups in total. The molecule has 1 saturated carbocycles. The molecular formula is C16H36N4. The molecule has 120 valence electrons. The van der Waals surface area contributed by atoms with Crippen molar-refractivity contribution in [3.63, 3.8) is 0 Å². The number of rotatable bonds is 14. The molecular weight excluding hydrogens is 248 g/mol. The van der Waals surface area contributed by atoms with Gasteiger partial charge in [-0.2, -0.15) is 0 Å². The fourth-order valence-electron chi connectivity index (χ4n) is 2.78. The van der Waals surface area contributed by atoms with E-state index in [1.807, 2.05) is 0 Å². The first-order valence-corrected chi connectivity index (χ1v) is 8.71. The SMILES string of the molecule is CCNCCCNCC1CCC1CNCCCNCC. The summed E-state index contributed by atoms with van der Waals surface area (Å²) in [5, 5.41) is 14.0. The summed E-state index contributed by atoms with van der Waals surface area (Å²) in [6, 6.07) is 0. The molecule has 1 rings (SSSR count). The van der Waals surface area contributed by atoms with Gasteiger partial charge in [0.25, 0.3) is 0 Å². The van der Waals surface area contributed by atoms with E-state index in [9.17, 15) is 0 Å². The Hall–Kier alpha value is -0.160. The Kier molecular flexibility index (Phi) is 11.2. The van der Waals surface area contributed by atoms with Crippen LogP contribution in [0.3, 0.4) is 0 Å². The van der Waals surface area contributed by atoms with Crippen LogP contribution in [0.4, 0.5) is 0 Å². The minimum atomic E-state index is 0.912. The summed E-state index contributed by atoms with van der Waals surface area (Å²) in [4.78, 5) is 0. The summed E-state index contributed by atoms with van der Waals surface area (Å²) in [6.07, 6.45) is 5.33. The van der Waals surface area contributed by atoms with Gasteiger partial charge in [0.1, 0.15) is 0 Å². The van der Waals surface area contributed by atoms with Crippen LogP contribution in [-0.4, -0.2) is 52.4 Å². The van der Waals surface area contributed by atoms with Gasteiger partial charge in [-0.3, -0.25) is 0 Å². The lowest BCUT2D eigenvalue weighted by molar-refractivity contribution is 0.167. The Morgan fingerprint density at radius 1 is 0.650 bits per heavy atom. The first-order valence-electron chi connectivity index (χ1n) is 8.71. The maximum Gasteiger partial charge on any atom is -0.00174 e. The predicted octanol–water partition coefficient (Wildman–Crippen LogP) is 1.19. The maximum atomic E-state index is 3.62. The molecule has 0 amide bonds. The molecule has 1 fully saturated rings. The van der Waals surface area contributed by atoms with Gasteiger partial charge in [0.15, 0.2) is 0 Å². The summed E-state index contributed by atoms with van der Waals surface area (Å²) < 4.78 is 0. The normalized spacial score (nSPS) is 21.9. The van der Waals surface area contributed by atoms with Crippen molar-refractivity contribution in [3.8, 4) is 0 Å². The van der Waals surface area contributed by atoms with Crippen molar-refractivity contribution in [1.29, 1.82) is 0 Å². The summed E-state index contributed by atoms with van der Waals surface area (Å²) in [5.74, 6) is 1.82. The third kappa shape index (κ3) is 8.20. The lowest BCUT2D eigenvalue weighted by Gasteiger charge is -2.37. The molecule has 2 atom stereocenters. The first-order chi connectivity index (χ1) is 9.88. The summed E-state index contributed by atoms with van der Waals surface area (Å²) in [6.45, 7) is 13.5. The van der Waals surface area contributed by atoms with E-state index in [1.165, 1.54) is 38.8 Å². The highest BCUT2D eigenvalue weighted by atomic mass is 14.9. The van der Waals surface area contributed by atoms with Gasteiger partial charge in [-0.05, 0) is 89.9 Å². The van der Waals surface area contributed by atoms with E-state index in [2.05, 4.69) is 35.1 Å². The van der Waals surface area contributed by atoms with Gasteiger partial charge in [0, 0.05) is 0 Å². The van der Waals surface area contributed by atoms with Crippen molar-refractivity contribution in [2.75, 3.05) is 52.4 Å². The molecule has 0 saturated heterocycles. The van der Waals surface area contributed by atoms with Gasteiger partial charge in [-0.15, -0.1) is 0 Å². The van der Waals surface area contributed by atoms with Crippen molar-refractivity contribution in [2.24, 2.45) is 11.8 Å². The second-order valence-corrected chi connectivity index (χ2v) is 5.92. The third-order valence-electron chi connectivity index (χ3n) is 4.30. The van der Waals surface area contributed by atoms with Crippen LogP contribution in [-0.2, 0) is 0 Å². The molecule has 2 unspecified atom stereocenters. The van der Waals surface area contributed by atoms with Gasteiger partial charge in [0.2, 0.25) is 0 Å². The molecule has 1 aliphatic carbocycles. The summed E-state index contributed by atoms with van der Waals surface area (Å²) >= 11 is 0. The molecule has 0 aliphatic heterocycles. The van der Waals surface area contributed by atoms with E-state index in [0.717, 1.165) is 51.1 Å². The molecule has 0 heterocycles. The Bertz CT molecular complexity index is 189. The van der Waals surface area contributed by atoms with Gasteiger partial charge in [0.05, 0.1) is 0 Å². The molecule has 20 heavy (non-hydrogen) atoms. The maximum absolute atomic E-state index is 3.62. The topological polar surface area (TPSA) is 48.1 Å². The Balaban J connectivity index is 1.86. The van der Waals surface area contributed by atoms with E-state index in [0.29, 0.717) is 0 Å². The van der Waals surface area contributed by atoms with Crippen LogP contribution < -0.4 is 21.3 Å². The zero-order valence-electron chi connectivity index (χ0n) is 13.6. The zero-order chi connectivity index (χ0) is 14.5. The minimum Gasteiger partial charge on any atom is -0.317 e. The number of hydrogen-bond donors (Lipinski definition) is 4. The van der Waals surface area contributed by atoms with Crippen molar-refractivity contribution >= 4 is 0 Å². The second kappa shape index (κ2) is 12.6. The number of nitrogens with one attached hydrogen (secondary N) is 4. The van der Waals surface area contributed by atoms with E-state index in [4.69, 9.17) is 0 Å². The molecule has 0 spiro atoms. The standard InChI is InChI=1S/C16H36N4/c1-3-17-9-5-11-19-13-15-7-8-16(15)14-20-12-6-10-18-4-2/h15-20H,3-14H2,1-2H3. The van der Waals surface area contributed by atoms with Crippen molar-refractivity contribution < 1.29 is 0 Å². The lowest BCUT2D eigenvalue weighted by atomic mass is 9.73. The van der Waals surface area contributed by atoms with E-state index in [-0.39, 0.29) is 0 Å². The molecule has 1 aliphatic rings. The van der Waals surface area contributed by atoms with Crippen molar-refractivity contribution in [2.45, 2.75) is 39.5 Å². The second-order valence-electron chi connectivity index (χ2n) is 5.92. The molecule has 4 heteroatoms. The van der Waals surface area contributed by atoms with Crippen LogP contribution in [0.15, 0.2) is 0 Å². The van der Waals surface area contributed by atoms with Gasteiger partial charge in [-0.1, -0.05) is 13.8 Å². The highest BCUT2D eigenvalue weighted by molar-refractivity contribution is 4.83. The Morgan fingerprint density at radius 3 is 1.40 bits per heavy atom. The molecule has 0 aromatic carbocycles. The smallest absolute Gasteiger partial charge is 0.00174 e. The lowest BCUT2D eigenvalue weighted by Crippen LogP contribution is -2.41. The van der Waals surface area contributed by atoms with E-state index >= 15 is 0 Å². The van der Waals surface area contributed by atoms with E-state index < -0.39 is 0 Å². The zero-order valence-corrected chi connectivity index (χ0v) is 13.6. The quantitative estimate of drug-likeness (QED) is 0.362. The molecule has 4 nitrogen and oxygen atoms in total. The monoisotopic (exact) mass is 284 g/mol. The van der Waals surface area contributed by atoms with Crippen LogP contribution >= 0.6 is 0 Å². The van der Waals surface area contributed by atoms with Gasteiger partial charge in [-0.25, -0.2) is 0 Å². The largest absolute Gasteiger partial charge is 0.317 e. The summed E-state index contributed by atoms with van der Waals surface area (Å²) in [5.41, 5.74) is 0. The molecule has 0 aromatic heterocycles. The average molecular weight is 284 g/mol.